The number of carbonyl (C=O) groups excluding carboxylic acids is 1. The lowest BCUT2D eigenvalue weighted by Gasteiger charge is -2.23. The van der Waals surface area contributed by atoms with Crippen molar-refractivity contribution >= 4 is 40.1 Å². The van der Waals surface area contributed by atoms with Gasteiger partial charge in [0.25, 0.3) is 5.91 Å². The number of phenols is 1. The molecule has 1 heterocycles. The van der Waals surface area contributed by atoms with Gasteiger partial charge in [0, 0.05) is 47.3 Å². The van der Waals surface area contributed by atoms with Crippen molar-refractivity contribution in [3.05, 3.63) is 74.4 Å². The van der Waals surface area contributed by atoms with Crippen LogP contribution in [0.5, 0.6) is 5.75 Å². The van der Waals surface area contributed by atoms with Gasteiger partial charge in [0.15, 0.2) is 0 Å². The van der Waals surface area contributed by atoms with E-state index in [0.29, 0.717) is 27.9 Å². The minimum atomic E-state index is -0.348. The van der Waals surface area contributed by atoms with E-state index in [9.17, 15) is 14.7 Å². The lowest BCUT2D eigenvalue weighted by Crippen LogP contribution is -2.33. The third-order valence-corrected chi connectivity index (χ3v) is 9.21. The first kappa shape index (κ1) is 34.8. The average Bonchev–Trinajstić information content (AvgIpc) is 3.03. The number of fused-ring (bicyclic) bond motifs is 2. The van der Waals surface area contributed by atoms with Gasteiger partial charge in [-0.05, 0) is 42.7 Å². The molecule has 2 aliphatic rings. The number of carbonyl (C=O) groups is 1. The van der Waals surface area contributed by atoms with Crippen LogP contribution in [0, 0.1) is 0 Å². The maximum atomic E-state index is 13.8. The summed E-state index contributed by atoms with van der Waals surface area (Å²) in [5, 5.41) is 11.2. The van der Waals surface area contributed by atoms with Crippen molar-refractivity contribution in [2.45, 2.75) is 104 Å². The van der Waals surface area contributed by atoms with Crippen LogP contribution in [0.3, 0.4) is 0 Å². The number of aromatic hydroxyl groups is 1. The smallest absolute Gasteiger partial charge is 0.253 e. The average molecular weight is 653 g/mol. The Morgan fingerprint density at radius 1 is 0.733 bits per heavy atom. The molecular formula is C38H47Cl2NO4. The van der Waals surface area contributed by atoms with Gasteiger partial charge >= 0.3 is 0 Å². The van der Waals surface area contributed by atoms with Crippen molar-refractivity contribution in [2.24, 2.45) is 0 Å². The molecule has 0 unspecified atom stereocenters. The molecule has 0 saturated heterocycles. The molecule has 0 fully saturated rings. The maximum absolute atomic E-state index is 13.8. The second-order valence-corrected chi connectivity index (χ2v) is 13.0. The maximum Gasteiger partial charge on any atom is 0.253 e. The molecule has 1 aliphatic heterocycles. The summed E-state index contributed by atoms with van der Waals surface area (Å²) in [7, 11) is 0. The summed E-state index contributed by atoms with van der Waals surface area (Å²) >= 11 is 12.6. The molecule has 2 aromatic rings. The van der Waals surface area contributed by atoms with E-state index in [4.69, 9.17) is 27.6 Å². The largest absolute Gasteiger partial charge is 0.506 e. The van der Waals surface area contributed by atoms with E-state index >= 15 is 0 Å². The van der Waals surface area contributed by atoms with Crippen molar-refractivity contribution < 1.29 is 14.3 Å². The Morgan fingerprint density at radius 2 is 1.29 bits per heavy atom. The highest BCUT2D eigenvalue weighted by Crippen LogP contribution is 2.43. The standard InChI is InChI=1S/C38H47Cl2NO4/c1-3-5-7-9-11-13-15-21-41(22-16-14-12-10-8-6-4-2)38(44)28-19-17-27(18-20-28)37-29-23-31(39)33(42)25-35(29)45-36-26-34(43)32(40)24-30(36)37/h17-20,23-26,42H,3-16,21-22H2,1-2H3. The Bertz CT molecular complexity index is 1550. The Labute approximate surface area is 277 Å². The lowest BCUT2D eigenvalue weighted by molar-refractivity contribution is 0.0749. The predicted octanol–water partition coefficient (Wildman–Crippen LogP) is 11.5. The highest BCUT2D eigenvalue weighted by atomic mass is 35.5. The molecule has 4 rings (SSSR count). The van der Waals surface area contributed by atoms with Crippen LogP contribution in [-0.2, 0) is 0 Å². The zero-order chi connectivity index (χ0) is 32.2. The van der Waals surface area contributed by atoms with Gasteiger partial charge in [-0.1, -0.05) is 126 Å². The molecule has 45 heavy (non-hydrogen) atoms. The van der Waals surface area contributed by atoms with Crippen LogP contribution in [0.15, 0.2) is 57.7 Å². The van der Waals surface area contributed by atoms with Crippen molar-refractivity contribution in [2.75, 3.05) is 13.1 Å². The third kappa shape index (κ3) is 9.50. The van der Waals surface area contributed by atoms with Gasteiger partial charge < -0.3 is 14.4 Å². The molecule has 0 radical (unpaired) electrons. The summed E-state index contributed by atoms with van der Waals surface area (Å²) in [4.78, 5) is 28.2. The number of hydrogen-bond acceptors (Lipinski definition) is 4. The van der Waals surface area contributed by atoms with E-state index in [1.807, 2.05) is 29.2 Å². The molecule has 1 amide bonds. The number of nitrogens with zero attached hydrogens (tertiary/aromatic N) is 1. The van der Waals surface area contributed by atoms with Crippen molar-refractivity contribution in [1.29, 1.82) is 0 Å². The zero-order valence-electron chi connectivity index (χ0n) is 26.8. The second kappa shape index (κ2) is 17.6. The van der Waals surface area contributed by atoms with Crippen LogP contribution < -0.4 is 5.43 Å². The molecule has 5 nitrogen and oxygen atoms in total. The first-order valence-electron chi connectivity index (χ1n) is 16.8. The van der Waals surface area contributed by atoms with Crippen LogP contribution in [0.2, 0.25) is 10.0 Å². The molecule has 1 N–H and O–H groups in total. The van der Waals surface area contributed by atoms with E-state index in [1.165, 1.54) is 76.3 Å². The SMILES string of the molecule is CCCCCCCCCN(CCCCCCCCC)C(=O)c1ccc(-c2c3cc(Cl)c(=O)cc-3oc3cc(O)c(Cl)cc23)cc1. The van der Waals surface area contributed by atoms with Gasteiger partial charge in [-0.3, -0.25) is 9.59 Å². The molecule has 7 heteroatoms. The van der Waals surface area contributed by atoms with Gasteiger partial charge in [0.05, 0.1) is 10.0 Å². The summed E-state index contributed by atoms with van der Waals surface area (Å²) in [5.41, 5.74) is 2.91. The molecule has 0 saturated carbocycles. The molecule has 0 atom stereocenters. The van der Waals surface area contributed by atoms with E-state index in [2.05, 4.69) is 13.8 Å². The van der Waals surface area contributed by atoms with Crippen molar-refractivity contribution in [1.82, 2.24) is 4.90 Å². The van der Waals surface area contributed by atoms with E-state index < -0.39 is 0 Å². The molecule has 0 bridgehead atoms. The van der Waals surface area contributed by atoms with Gasteiger partial charge in [-0.25, -0.2) is 0 Å². The summed E-state index contributed by atoms with van der Waals surface area (Å²) in [6, 6.07) is 13.6. The fourth-order valence-corrected chi connectivity index (χ4v) is 6.34. The monoisotopic (exact) mass is 651 g/mol. The lowest BCUT2D eigenvalue weighted by atomic mass is 9.93. The highest BCUT2D eigenvalue weighted by molar-refractivity contribution is 6.33. The molecule has 1 aliphatic carbocycles. The van der Waals surface area contributed by atoms with E-state index in [0.717, 1.165) is 49.9 Å². The normalized spacial score (nSPS) is 11.5. The highest BCUT2D eigenvalue weighted by Gasteiger charge is 2.21. The van der Waals surface area contributed by atoms with Crippen LogP contribution in [0.25, 0.3) is 33.4 Å². The zero-order valence-corrected chi connectivity index (χ0v) is 28.3. The minimum absolute atomic E-state index is 0.0586. The summed E-state index contributed by atoms with van der Waals surface area (Å²) in [6.45, 7) is 6.02. The topological polar surface area (TPSA) is 70.8 Å². The first-order valence-corrected chi connectivity index (χ1v) is 17.6. The Balaban J connectivity index is 1.55. The fraction of sp³-hybridized carbons (Fsp3) is 0.474. The summed E-state index contributed by atoms with van der Waals surface area (Å²) in [6.07, 6.45) is 17.0. The van der Waals surface area contributed by atoms with Crippen LogP contribution in [0.4, 0.5) is 0 Å². The van der Waals surface area contributed by atoms with Crippen LogP contribution >= 0.6 is 23.2 Å². The van der Waals surface area contributed by atoms with Gasteiger partial charge in [-0.15, -0.1) is 0 Å². The van der Waals surface area contributed by atoms with Gasteiger partial charge in [0.1, 0.15) is 17.1 Å². The van der Waals surface area contributed by atoms with Crippen molar-refractivity contribution in [3.8, 4) is 28.2 Å². The van der Waals surface area contributed by atoms with Gasteiger partial charge in [-0.2, -0.15) is 0 Å². The number of halogens is 2. The van der Waals surface area contributed by atoms with Crippen molar-refractivity contribution in [3.63, 3.8) is 0 Å². The fourth-order valence-electron chi connectivity index (χ4n) is 6.01. The second-order valence-electron chi connectivity index (χ2n) is 12.2. The first-order chi connectivity index (χ1) is 21.8. The van der Waals surface area contributed by atoms with Crippen LogP contribution in [-0.4, -0.2) is 29.0 Å². The van der Waals surface area contributed by atoms with E-state index in [1.54, 1.807) is 12.1 Å². The molecule has 242 valence electrons. The number of phenolic OH excluding ortho intramolecular Hbond substituents is 1. The number of benzene rings is 3. The van der Waals surface area contributed by atoms with E-state index in [-0.39, 0.29) is 27.1 Å². The Morgan fingerprint density at radius 3 is 1.87 bits per heavy atom. The summed E-state index contributed by atoms with van der Waals surface area (Å²) in [5.74, 6) is 0.296. The summed E-state index contributed by atoms with van der Waals surface area (Å²) < 4.78 is 5.98. The molecule has 2 aromatic carbocycles. The number of rotatable bonds is 18. The predicted molar refractivity (Wildman–Crippen MR) is 188 cm³/mol. The molecular weight excluding hydrogens is 605 g/mol. The number of hydrogen-bond donors (Lipinski definition) is 1. The third-order valence-electron chi connectivity index (χ3n) is 8.61. The number of unbranched alkanes of at least 4 members (excludes halogenated alkanes) is 12. The molecule has 0 spiro atoms. The van der Waals surface area contributed by atoms with Crippen LogP contribution in [0.1, 0.15) is 114 Å². The molecule has 0 aromatic heterocycles. The quantitative estimate of drug-likeness (QED) is 0.0858. The van der Waals surface area contributed by atoms with Gasteiger partial charge in [0.2, 0.25) is 5.43 Å². The Hall–Kier alpha value is -3.02. The Kier molecular flexibility index (Phi) is 13.6. The minimum Gasteiger partial charge on any atom is -0.506 e. The number of amides is 1.